The minimum Gasteiger partial charge on any atom is -0.443 e. The van der Waals surface area contributed by atoms with Gasteiger partial charge in [-0.05, 0) is 79.7 Å². The molecule has 0 spiro atoms. The number of anilines is 2. The van der Waals surface area contributed by atoms with Gasteiger partial charge in [0, 0.05) is 0 Å². The molecule has 0 atom stereocenters. The Kier molecular flexibility index (Phi) is 7.28. The van der Waals surface area contributed by atoms with E-state index in [2.05, 4.69) is 10.3 Å². The molecule has 2 aromatic heterocycles. The second kappa shape index (κ2) is 9.88. The van der Waals surface area contributed by atoms with Crippen LogP contribution in [-0.4, -0.2) is 33.7 Å². The van der Waals surface area contributed by atoms with Gasteiger partial charge in [-0.3, -0.25) is 0 Å². The van der Waals surface area contributed by atoms with Gasteiger partial charge in [-0.2, -0.15) is 4.90 Å². The summed E-state index contributed by atoms with van der Waals surface area (Å²) >= 11 is 0. The molecule has 0 saturated carbocycles. The van der Waals surface area contributed by atoms with Crippen molar-refractivity contribution in [2.24, 2.45) is 0 Å². The third kappa shape index (κ3) is 6.53. The monoisotopic (exact) mass is 496 g/mol. The van der Waals surface area contributed by atoms with Crippen LogP contribution in [0.3, 0.4) is 0 Å². The Morgan fingerprint density at radius 3 is 1.72 bits per heavy atom. The molecule has 0 bridgehead atoms. The molecule has 4 rings (SSSR count). The molecule has 0 unspecified atom stereocenters. The summed E-state index contributed by atoms with van der Waals surface area (Å²) in [7, 11) is 0. The number of nitrogens with zero attached hydrogens (tertiary/aromatic N) is 3. The van der Waals surface area contributed by atoms with Gasteiger partial charge in [0.25, 0.3) is 0 Å². The molecular weight excluding hydrogens is 464 g/mol. The molecule has 0 aliphatic heterocycles. The van der Waals surface area contributed by atoms with Crippen LogP contribution in [-0.2, 0) is 9.47 Å². The number of fused-ring (bicyclic) bond motifs is 2. The van der Waals surface area contributed by atoms with Crippen molar-refractivity contribution >= 4 is 45.8 Å². The van der Waals surface area contributed by atoms with Crippen LogP contribution in [0.5, 0.6) is 0 Å². The van der Waals surface area contributed by atoms with Crippen molar-refractivity contribution in [1.29, 1.82) is 0 Å². The van der Waals surface area contributed by atoms with Crippen LogP contribution in [0.25, 0.3) is 21.9 Å². The lowest BCUT2D eigenvalue weighted by Gasteiger charge is -2.27. The van der Waals surface area contributed by atoms with Crippen molar-refractivity contribution in [3.05, 3.63) is 47.5 Å². The van der Waals surface area contributed by atoms with Gasteiger partial charge >= 0.3 is 12.2 Å². The molecule has 2 amide bonds. The second-order valence-electron chi connectivity index (χ2n) is 10.4. The average Bonchev–Trinajstić information content (AvgIpc) is 3.29. The molecule has 192 valence electrons. The number of carbonyl (C=O) groups excluding carboxylic acids is 2. The first-order chi connectivity index (χ1) is 16.6. The zero-order valence-corrected chi connectivity index (χ0v) is 21.8. The Morgan fingerprint density at radius 2 is 1.22 bits per heavy atom. The van der Waals surface area contributed by atoms with Crippen LogP contribution in [0.4, 0.5) is 21.2 Å². The van der Waals surface area contributed by atoms with E-state index in [1.54, 1.807) is 53.7 Å². The fraction of sp³-hybridized carbons (Fsp3) is 0.385. The van der Waals surface area contributed by atoms with Gasteiger partial charge in [-0.1, -0.05) is 33.6 Å². The highest BCUT2D eigenvalue weighted by atomic mass is 16.6. The number of aryl methyl sites for hydroxylation is 2. The Bertz CT molecular complexity index is 1360. The number of carbonyl (C=O) groups is 2. The van der Waals surface area contributed by atoms with E-state index in [0.29, 0.717) is 16.8 Å². The van der Waals surface area contributed by atoms with Crippen molar-refractivity contribution in [1.82, 2.24) is 10.3 Å². The number of ether oxygens (including phenoxy) is 2. The number of aromatic nitrogens is 2. The second-order valence-corrected chi connectivity index (χ2v) is 10.4. The van der Waals surface area contributed by atoms with Gasteiger partial charge in [-0.25, -0.2) is 9.59 Å². The van der Waals surface area contributed by atoms with Crippen LogP contribution >= 0.6 is 0 Å². The average molecular weight is 497 g/mol. The molecule has 10 nitrogen and oxygen atoms in total. The number of hydrogen-bond donors (Lipinski definition) is 1. The first-order valence-corrected chi connectivity index (χ1v) is 11.4. The SMILES string of the molecule is Cc1ccc2onc(N(C(=O)OC(C)(C)C)C(=O)OC(C)(C)C)c2c1.Cc1ccc2onc(N)c2c1. The normalized spacial score (nSPS) is 11.7. The lowest BCUT2D eigenvalue weighted by Crippen LogP contribution is -2.44. The predicted molar refractivity (Wildman–Crippen MR) is 137 cm³/mol. The van der Waals surface area contributed by atoms with Gasteiger partial charge in [0.2, 0.25) is 0 Å². The molecule has 10 heteroatoms. The summed E-state index contributed by atoms with van der Waals surface area (Å²) in [5, 5.41) is 8.95. The summed E-state index contributed by atoms with van der Waals surface area (Å²) in [5.41, 5.74) is 7.27. The quantitative estimate of drug-likeness (QED) is 0.312. The van der Waals surface area contributed by atoms with E-state index in [9.17, 15) is 9.59 Å². The molecule has 0 aliphatic carbocycles. The van der Waals surface area contributed by atoms with E-state index in [1.807, 2.05) is 38.1 Å². The Morgan fingerprint density at radius 1 is 0.778 bits per heavy atom. The molecule has 0 radical (unpaired) electrons. The maximum absolute atomic E-state index is 12.6. The van der Waals surface area contributed by atoms with Gasteiger partial charge in [0.1, 0.15) is 11.2 Å². The fourth-order valence-electron chi connectivity index (χ4n) is 3.13. The van der Waals surface area contributed by atoms with Crippen molar-refractivity contribution in [3.63, 3.8) is 0 Å². The maximum Gasteiger partial charge on any atom is 0.425 e. The Hall–Kier alpha value is -4.08. The summed E-state index contributed by atoms with van der Waals surface area (Å²) in [4.78, 5) is 26.0. The van der Waals surface area contributed by atoms with Crippen LogP contribution < -0.4 is 10.6 Å². The topological polar surface area (TPSA) is 134 Å². The minimum absolute atomic E-state index is 0.0437. The van der Waals surface area contributed by atoms with Crippen molar-refractivity contribution in [3.8, 4) is 0 Å². The van der Waals surface area contributed by atoms with Crippen LogP contribution in [0.2, 0.25) is 0 Å². The van der Waals surface area contributed by atoms with Crippen molar-refractivity contribution in [2.75, 3.05) is 10.6 Å². The molecule has 4 aromatic rings. The maximum atomic E-state index is 12.6. The van der Waals surface area contributed by atoms with E-state index in [-0.39, 0.29) is 5.82 Å². The van der Waals surface area contributed by atoms with Crippen molar-refractivity contribution < 1.29 is 28.1 Å². The Labute approximate surface area is 209 Å². The van der Waals surface area contributed by atoms with E-state index < -0.39 is 23.4 Å². The van der Waals surface area contributed by atoms with Gasteiger partial charge in [-0.15, -0.1) is 0 Å². The molecule has 0 fully saturated rings. The minimum atomic E-state index is -0.876. The number of amides is 2. The molecule has 0 saturated heterocycles. The molecule has 36 heavy (non-hydrogen) atoms. The third-order valence-electron chi connectivity index (χ3n) is 4.62. The van der Waals surface area contributed by atoms with Crippen LogP contribution in [0.1, 0.15) is 52.7 Å². The van der Waals surface area contributed by atoms with Gasteiger partial charge < -0.3 is 24.3 Å². The number of nitrogens with two attached hydrogens (primary N) is 1. The molecule has 2 aromatic carbocycles. The third-order valence-corrected chi connectivity index (χ3v) is 4.62. The lowest BCUT2D eigenvalue weighted by molar-refractivity contribution is 0.0428. The summed E-state index contributed by atoms with van der Waals surface area (Å²) in [6.07, 6.45) is -1.75. The number of rotatable bonds is 1. The first kappa shape index (κ1) is 26.5. The van der Waals surface area contributed by atoms with E-state index in [1.165, 1.54) is 0 Å². The summed E-state index contributed by atoms with van der Waals surface area (Å²) in [6, 6.07) is 11.1. The molecular formula is C26H32N4O6. The smallest absolute Gasteiger partial charge is 0.425 e. The highest BCUT2D eigenvalue weighted by Crippen LogP contribution is 2.29. The number of hydrogen-bond acceptors (Lipinski definition) is 9. The summed E-state index contributed by atoms with van der Waals surface area (Å²) in [6.45, 7) is 14.2. The molecule has 2 N–H and O–H groups in total. The summed E-state index contributed by atoms with van der Waals surface area (Å²) in [5.74, 6) is 0.505. The van der Waals surface area contributed by atoms with E-state index in [4.69, 9.17) is 24.3 Å². The zero-order chi connectivity index (χ0) is 26.8. The number of benzene rings is 2. The largest absolute Gasteiger partial charge is 0.443 e. The predicted octanol–water partition coefficient (Wildman–Crippen LogP) is 6.53. The lowest BCUT2D eigenvalue weighted by atomic mass is 10.2. The van der Waals surface area contributed by atoms with E-state index >= 15 is 0 Å². The molecule has 0 aliphatic rings. The zero-order valence-electron chi connectivity index (χ0n) is 21.8. The van der Waals surface area contributed by atoms with E-state index in [0.717, 1.165) is 27.0 Å². The van der Waals surface area contributed by atoms with Crippen molar-refractivity contribution in [2.45, 2.75) is 66.6 Å². The highest BCUT2D eigenvalue weighted by Gasteiger charge is 2.35. The Balaban J connectivity index is 0.000000270. The highest BCUT2D eigenvalue weighted by molar-refractivity contribution is 6.13. The standard InChI is InChI=1S/C18H24N2O5.C8H8N2O/c1-11-8-9-13-12(10-11)14(19-25-13)20(15(21)23-17(2,3)4)16(22)24-18(5,6)7;1-5-2-3-7-6(4-5)8(9)10-11-7/h8-10H,1-7H3;2-4H,1H3,(H2,9,10). The van der Waals surface area contributed by atoms with Crippen LogP contribution in [0.15, 0.2) is 45.4 Å². The van der Waals surface area contributed by atoms with Gasteiger partial charge in [0.15, 0.2) is 22.8 Å². The first-order valence-electron chi connectivity index (χ1n) is 11.4. The number of nitrogen functional groups attached to an aromatic ring is 1. The fourth-order valence-corrected chi connectivity index (χ4v) is 3.13. The number of imide groups is 1. The van der Waals surface area contributed by atoms with Crippen LogP contribution in [0, 0.1) is 13.8 Å². The molecule has 2 heterocycles. The summed E-state index contributed by atoms with van der Waals surface area (Å²) < 4.78 is 20.9. The van der Waals surface area contributed by atoms with Gasteiger partial charge in [0.05, 0.1) is 10.8 Å².